The summed E-state index contributed by atoms with van der Waals surface area (Å²) in [6, 6.07) is 0. The fourth-order valence-corrected chi connectivity index (χ4v) is 3.31. The Labute approximate surface area is 88.1 Å². The van der Waals surface area contributed by atoms with Crippen molar-refractivity contribution >= 4 is 11.8 Å². The Kier molecular flexibility index (Phi) is 1.77. The molecule has 0 spiro atoms. The lowest BCUT2D eigenvalue weighted by Gasteiger charge is -2.15. The van der Waals surface area contributed by atoms with E-state index in [1.165, 1.54) is 4.90 Å². The van der Waals surface area contributed by atoms with Crippen LogP contribution in [0.3, 0.4) is 0 Å². The minimum absolute atomic E-state index is 0.00676. The van der Waals surface area contributed by atoms with Crippen molar-refractivity contribution < 1.29 is 9.59 Å². The highest BCUT2D eigenvalue weighted by molar-refractivity contribution is 6.06. The van der Waals surface area contributed by atoms with E-state index in [4.69, 9.17) is 5.73 Å². The highest BCUT2D eigenvalue weighted by Gasteiger charge is 2.58. The van der Waals surface area contributed by atoms with Gasteiger partial charge in [-0.1, -0.05) is 12.2 Å². The molecule has 15 heavy (non-hydrogen) atoms. The molecule has 4 heteroatoms. The molecule has 1 saturated carbocycles. The van der Waals surface area contributed by atoms with Crippen LogP contribution in [0.2, 0.25) is 0 Å². The number of nitrogens with two attached hydrogens (primary N) is 1. The molecule has 0 aromatic carbocycles. The van der Waals surface area contributed by atoms with Crippen LogP contribution in [-0.2, 0) is 9.59 Å². The maximum Gasteiger partial charge on any atom is 0.233 e. The van der Waals surface area contributed by atoms with Crippen LogP contribution in [0.1, 0.15) is 6.42 Å². The second-order valence-electron chi connectivity index (χ2n) is 4.62. The van der Waals surface area contributed by atoms with Crippen LogP contribution in [-0.4, -0.2) is 29.8 Å². The summed E-state index contributed by atoms with van der Waals surface area (Å²) in [7, 11) is 0. The zero-order chi connectivity index (χ0) is 10.6. The first-order valence-corrected chi connectivity index (χ1v) is 5.47. The molecule has 2 N–H and O–H groups in total. The van der Waals surface area contributed by atoms with Crippen LogP contribution in [0.15, 0.2) is 12.2 Å². The van der Waals surface area contributed by atoms with Gasteiger partial charge in [0.25, 0.3) is 0 Å². The summed E-state index contributed by atoms with van der Waals surface area (Å²) in [6.45, 7) is 0.740. The maximum atomic E-state index is 12.0. The first kappa shape index (κ1) is 9.09. The van der Waals surface area contributed by atoms with Crippen molar-refractivity contribution in [3.8, 4) is 0 Å². The van der Waals surface area contributed by atoms with Gasteiger partial charge in [-0.05, 0) is 18.3 Å². The van der Waals surface area contributed by atoms with E-state index in [0.717, 1.165) is 6.42 Å². The largest absolute Gasteiger partial charge is 0.329 e. The number of nitrogens with zero attached hydrogens (tertiary/aromatic N) is 1. The van der Waals surface area contributed by atoms with Gasteiger partial charge in [0.2, 0.25) is 11.8 Å². The molecule has 2 amide bonds. The minimum atomic E-state index is -0.0703. The van der Waals surface area contributed by atoms with Crippen molar-refractivity contribution in [2.24, 2.45) is 29.4 Å². The van der Waals surface area contributed by atoms with Crippen LogP contribution >= 0.6 is 0 Å². The normalized spacial score (nSPS) is 41.8. The van der Waals surface area contributed by atoms with Gasteiger partial charge in [-0.25, -0.2) is 0 Å². The van der Waals surface area contributed by atoms with E-state index < -0.39 is 0 Å². The molecule has 0 aromatic heterocycles. The van der Waals surface area contributed by atoms with Gasteiger partial charge < -0.3 is 5.73 Å². The average molecular weight is 206 g/mol. The number of carbonyl (C=O) groups is 2. The number of rotatable bonds is 2. The quantitative estimate of drug-likeness (QED) is 0.500. The predicted octanol–water partition coefficient (Wildman–Crippen LogP) is -0.248. The molecule has 80 valence electrons. The summed E-state index contributed by atoms with van der Waals surface area (Å²) in [5.74, 6) is 0.483. The van der Waals surface area contributed by atoms with Crippen molar-refractivity contribution in [1.82, 2.24) is 4.90 Å². The lowest BCUT2D eigenvalue weighted by Crippen LogP contribution is -2.36. The number of hydrogen-bond donors (Lipinski definition) is 1. The fourth-order valence-electron chi connectivity index (χ4n) is 3.31. The summed E-state index contributed by atoms with van der Waals surface area (Å²) >= 11 is 0. The van der Waals surface area contributed by atoms with Crippen molar-refractivity contribution in [3.05, 3.63) is 12.2 Å². The molecular weight excluding hydrogens is 192 g/mol. The van der Waals surface area contributed by atoms with E-state index in [2.05, 4.69) is 12.2 Å². The molecule has 0 radical (unpaired) electrons. The van der Waals surface area contributed by atoms with Gasteiger partial charge in [-0.3, -0.25) is 14.5 Å². The van der Waals surface area contributed by atoms with Gasteiger partial charge in [0.15, 0.2) is 0 Å². The average Bonchev–Trinajstić information content (AvgIpc) is 2.87. The molecule has 4 atom stereocenters. The van der Waals surface area contributed by atoms with Gasteiger partial charge >= 0.3 is 0 Å². The third-order valence-electron chi connectivity index (χ3n) is 3.91. The maximum absolute atomic E-state index is 12.0. The number of fused-ring (bicyclic) bond motifs is 5. The molecule has 1 heterocycles. The Morgan fingerprint density at radius 1 is 1.20 bits per heavy atom. The standard InChI is InChI=1S/C11H14N2O2/c12-3-4-13-10(14)8-6-1-2-7(5-6)9(8)11(13)15/h1-2,6-9H,3-5,12H2/t6-,7+,8+,9-. The molecular formula is C11H14N2O2. The fraction of sp³-hybridized carbons (Fsp3) is 0.636. The highest BCUT2D eigenvalue weighted by atomic mass is 16.2. The lowest BCUT2D eigenvalue weighted by molar-refractivity contribution is -0.140. The van der Waals surface area contributed by atoms with E-state index in [1.807, 2.05) is 0 Å². The minimum Gasteiger partial charge on any atom is -0.329 e. The summed E-state index contributed by atoms with van der Waals surface area (Å²) in [4.78, 5) is 25.3. The third kappa shape index (κ3) is 1.00. The van der Waals surface area contributed by atoms with Crippen molar-refractivity contribution in [2.75, 3.05) is 13.1 Å². The van der Waals surface area contributed by atoms with Crippen LogP contribution in [0, 0.1) is 23.7 Å². The highest BCUT2D eigenvalue weighted by Crippen LogP contribution is 2.52. The van der Waals surface area contributed by atoms with Crippen molar-refractivity contribution in [3.63, 3.8) is 0 Å². The summed E-state index contributed by atoms with van der Waals surface area (Å²) in [5.41, 5.74) is 5.41. The summed E-state index contributed by atoms with van der Waals surface area (Å²) in [5, 5.41) is 0. The number of imide groups is 1. The molecule has 3 rings (SSSR count). The molecule has 4 nitrogen and oxygen atoms in total. The van der Waals surface area contributed by atoms with Crippen LogP contribution < -0.4 is 5.73 Å². The molecule has 2 aliphatic carbocycles. The zero-order valence-corrected chi connectivity index (χ0v) is 8.43. The van der Waals surface area contributed by atoms with Gasteiger partial charge in [0.1, 0.15) is 0 Å². The Hall–Kier alpha value is -1.16. The monoisotopic (exact) mass is 206 g/mol. The van der Waals surface area contributed by atoms with E-state index in [0.29, 0.717) is 24.9 Å². The van der Waals surface area contributed by atoms with E-state index in [1.54, 1.807) is 0 Å². The molecule has 2 bridgehead atoms. The molecule has 0 aromatic rings. The smallest absolute Gasteiger partial charge is 0.233 e. The Morgan fingerprint density at radius 2 is 1.73 bits per heavy atom. The molecule has 0 unspecified atom stereocenters. The SMILES string of the molecule is NCCN1C(=O)[C@@H]2[C@H](C1=O)[C@H]1C=C[C@@H]2C1. The second-order valence-corrected chi connectivity index (χ2v) is 4.62. The third-order valence-corrected chi connectivity index (χ3v) is 3.91. The molecule has 1 saturated heterocycles. The molecule has 1 aliphatic heterocycles. The molecule has 3 aliphatic rings. The number of hydrogen-bond acceptors (Lipinski definition) is 3. The first-order valence-electron chi connectivity index (χ1n) is 5.47. The Balaban J connectivity index is 1.93. The number of likely N-dealkylation sites (tertiary alicyclic amines) is 1. The zero-order valence-electron chi connectivity index (χ0n) is 8.43. The van der Waals surface area contributed by atoms with Crippen molar-refractivity contribution in [1.29, 1.82) is 0 Å². The summed E-state index contributed by atoms with van der Waals surface area (Å²) < 4.78 is 0. The van der Waals surface area contributed by atoms with E-state index in [-0.39, 0.29) is 23.7 Å². The Morgan fingerprint density at radius 3 is 2.20 bits per heavy atom. The first-order chi connectivity index (χ1) is 7.24. The lowest BCUT2D eigenvalue weighted by atomic mass is 9.85. The van der Waals surface area contributed by atoms with Crippen LogP contribution in [0.5, 0.6) is 0 Å². The number of carbonyl (C=O) groups excluding carboxylic acids is 2. The van der Waals surface area contributed by atoms with Gasteiger partial charge in [0, 0.05) is 13.1 Å². The Bertz CT molecular complexity index is 334. The molecule has 2 fully saturated rings. The topological polar surface area (TPSA) is 63.4 Å². The van der Waals surface area contributed by atoms with Crippen LogP contribution in [0.4, 0.5) is 0 Å². The van der Waals surface area contributed by atoms with E-state index >= 15 is 0 Å². The van der Waals surface area contributed by atoms with E-state index in [9.17, 15) is 9.59 Å². The van der Waals surface area contributed by atoms with Gasteiger partial charge in [0.05, 0.1) is 11.8 Å². The number of allylic oxidation sites excluding steroid dienone is 2. The van der Waals surface area contributed by atoms with Gasteiger partial charge in [-0.2, -0.15) is 0 Å². The summed E-state index contributed by atoms with van der Waals surface area (Å²) in [6.07, 6.45) is 5.19. The second kappa shape index (κ2) is 2.92. The van der Waals surface area contributed by atoms with Gasteiger partial charge in [-0.15, -0.1) is 0 Å². The van der Waals surface area contributed by atoms with Crippen LogP contribution in [0.25, 0.3) is 0 Å². The van der Waals surface area contributed by atoms with Crippen molar-refractivity contribution in [2.45, 2.75) is 6.42 Å². The number of amides is 2. The predicted molar refractivity (Wildman–Crippen MR) is 53.5 cm³/mol.